The van der Waals surface area contributed by atoms with Crippen molar-refractivity contribution in [1.82, 2.24) is 30.1 Å². The third-order valence-electron chi connectivity index (χ3n) is 6.41. The third kappa shape index (κ3) is 4.60. The van der Waals surface area contributed by atoms with Gasteiger partial charge in [-0.3, -0.25) is 5.10 Å². The van der Waals surface area contributed by atoms with E-state index in [1.54, 1.807) is 6.20 Å². The molecule has 10 nitrogen and oxygen atoms in total. The first-order chi connectivity index (χ1) is 16.8. The normalized spacial score (nSPS) is 15.6. The summed E-state index contributed by atoms with van der Waals surface area (Å²) in [6.45, 7) is 9.90. The summed E-state index contributed by atoms with van der Waals surface area (Å²) in [6, 6.07) is 6.15. The van der Waals surface area contributed by atoms with Crippen molar-refractivity contribution < 1.29 is 14.3 Å². The second-order valence-corrected chi connectivity index (χ2v) is 9.48. The van der Waals surface area contributed by atoms with Crippen molar-refractivity contribution in [3.8, 4) is 16.9 Å². The summed E-state index contributed by atoms with van der Waals surface area (Å²) >= 11 is 0. The van der Waals surface area contributed by atoms with Crippen LogP contribution in [0.25, 0.3) is 27.7 Å². The van der Waals surface area contributed by atoms with Crippen LogP contribution in [-0.4, -0.2) is 62.2 Å². The Balaban J connectivity index is 1.36. The summed E-state index contributed by atoms with van der Waals surface area (Å²) in [5.74, 6) is 1.66. The topological polar surface area (TPSA) is 110 Å². The summed E-state index contributed by atoms with van der Waals surface area (Å²) in [5, 5.41) is 15.7. The van der Waals surface area contributed by atoms with Crippen LogP contribution in [0.15, 0.2) is 36.8 Å². The standard InChI is InChI=1S/C25H31N7O3/c1-5-34-18-12-19(22-20-14-27-29-23(20)30-32(22)15-18)17-6-7-21(26-13-17)31-10-8-25(4,9-11-31)28-24(33)35-16(2)3/h6-7,12-16H,5,8-11H2,1-4H3,(H,28,33)(H,29,30). The molecule has 10 heteroatoms. The van der Waals surface area contributed by atoms with Crippen LogP contribution in [0.5, 0.6) is 5.75 Å². The summed E-state index contributed by atoms with van der Waals surface area (Å²) in [6.07, 6.45) is 6.71. The van der Waals surface area contributed by atoms with Crippen LogP contribution in [0.2, 0.25) is 0 Å². The Morgan fingerprint density at radius 2 is 2.06 bits per heavy atom. The van der Waals surface area contributed by atoms with Gasteiger partial charge in [0.15, 0.2) is 5.65 Å². The molecular formula is C25H31N7O3. The first-order valence-electron chi connectivity index (χ1n) is 12.0. The predicted molar refractivity (Wildman–Crippen MR) is 134 cm³/mol. The van der Waals surface area contributed by atoms with E-state index in [0.29, 0.717) is 6.61 Å². The quantitative estimate of drug-likeness (QED) is 0.429. The van der Waals surface area contributed by atoms with Crippen LogP contribution in [0, 0.1) is 0 Å². The van der Waals surface area contributed by atoms with E-state index in [9.17, 15) is 4.79 Å². The number of ether oxygens (including phenoxy) is 2. The first-order valence-corrected chi connectivity index (χ1v) is 12.0. The van der Waals surface area contributed by atoms with Crippen molar-refractivity contribution in [3.05, 3.63) is 36.8 Å². The maximum absolute atomic E-state index is 12.1. The zero-order chi connectivity index (χ0) is 24.6. The average Bonchev–Trinajstić information content (AvgIpc) is 3.40. The lowest BCUT2D eigenvalue weighted by atomic mass is 9.90. The molecule has 35 heavy (non-hydrogen) atoms. The van der Waals surface area contributed by atoms with E-state index in [1.165, 1.54) is 0 Å². The van der Waals surface area contributed by atoms with Crippen LogP contribution in [-0.2, 0) is 4.74 Å². The third-order valence-corrected chi connectivity index (χ3v) is 6.41. The Bertz CT molecular complexity index is 1330. The number of rotatable bonds is 6. The highest BCUT2D eigenvalue weighted by Gasteiger charge is 2.32. The molecule has 2 N–H and O–H groups in total. The predicted octanol–water partition coefficient (Wildman–Crippen LogP) is 4.16. The second kappa shape index (κ2) is 9.09. The van der Waals surface area contributed by atoms with Gasteiger partial charge in [-0.2, -0.15) is 5.10 Å². The molecule has 1 saturated heterocycles. The molecule has 1 fully saturated rings. The molecule has 0 bridgehead atoms. The van der Waals surface area contributed by atoms with E-state index in [-0.39, 0.29) is 17.7 Å². The van der Waals surface area contributed by atoms with Gasteiger partial charge in [0.25, 0.3) is 0 Å². The van der Waals surface area contributed by atoms with Gasteiger partial charge in [0, 0.05) is 36.0 Å². The van der Waals surface area contributed by atoms with Gasteiger partial charge in [0.1, 0.15) is 11.6 Å². The lowest BCUT2D eigenvalue weighted by Gasteiger charge is -2.40. The average molecular weight is 478 g/mol. The molecule has 0 unspecified atom stereocenters. The first kappa shape index (κ1) is 22.9. The number of fused-ring (bicyclic) bond motifs is 3. The van der Waals surface area contributed by atoms with Gasteiger partial charge < -0.3 is 19.7 Å². The van der Waals surface area contributed by atoms with E-state index >= 15 is 0 Å². The van der Waals surface area contributed by atoms with Crippen molar-refractivity contribution in [3.63, 3.8) is 0 Å². The fourth-order valence-corrected chi connectivity index (χ4v) is 4.58. The van der Waals surface area contributed by atoms with Crippen molar-refractivity contribution >= 4 is 28.5 Å². The Kier molecular flexibility index (Phi) is 5.96. The van der Waals surface area contributed by atoms with Gasteiger partial charge in [-0.05, 0) is 58.7 Å². The number of H-pyrrole nitrogens is 1. The Hall–Kier alpha value is -3.82. The second-order valence-electron chi connectivity index (χ2n) is 9.48. The molecule has 4 aromatic rings. The van der Waals surface area contributed by atoms with Crippen LogP contribution in [0.3, 0.4) is 0 Å². The van der Waals surface area contributed by atoms with E-state index < -0.39 is 0 Å². The van der Waals surface area contributed by atoms with Crippen molar-refractivity contribution in [2.75, 3.05) is 24.6 Å². The fourth-order valence-electron chi connectivity index (χ4n) is 4.58. The summed E-state index contributed by atoms with van der Waals surface area (Å²) in [7, 11) is 0. The van der Waals surface area contributed by atoms with Crippen molar-refractivity contribution in [1.29, 1.82) is 0 Å². The molecule has 4 aromatic heterocycles. The minimum absolute atomic E-state index is 0.135. The number of nitrogens with one attached hydrogen (secondary N) is 2. The number of aromatic nitrogens is 5. The molecule has 0 radical (unpaired) electrons. The molecule has 5 heterocycles. The number of piperidine rings is 1. The van der Waals surface area contributed by atoms with Gasteiger partial charge in [0.05, 0.1) is 36.0 Å². The molecule has 5 rings (SSSR count). The number of aromatic amines is 1. The number of hydrogen-bond donors (Lipinski definition) is 2. The molecule has 0 atom stereocenters. The number of carbonyl (C=O) groups excluding carboxylic acids is 1. The van der Waals surface area contributed by atoms with Gasteiger partial charge in [-0.1, -0.05) is 0 Å². The Labute approximate surface area is 203 Å². The van der Waals surface area contributed by atoms with E-state index in [1.807, 2.05) is 49.8 Å². The zero-order valence-corrected chi connectivity index (χ0v) is 20.5. The van der Waals surface area contributed by atoms with Gasteiger partial charge in [-0.25, -0.2) is 14.3 Å². The van der Waals surface area contributed by atoms with Crippen molar-refractivity contribution in [2.24, 2.45) is 0 Å². The molecule has 0 aliphatic carbocycles. The summed E-state index contributed by atoms with van der Waals surface area (Å²) in [5.41, 5.74) is 3.36. The lowest BCUT2D eigenvalue weighted by molar-refractivity contribution is 0.102. The highest BCUT2D eigenvalue weighted by Crippen LogP contribution is 2.34. The number of amides is 1. The molecule has 0 saturated carbocycles. The smallest absolute Gasteiger partial charge is 0.407 e. The Morgan fingerprint density at radius 3 is 2.74 bits per heavy atom. The highest BCUT2D eigenvalue weighted by molar-refractivity contribution is 6.00. The molecule has 0 spiro atoms. The van der Waals surface area contributed by atoms with Crippen LogP contribution in [0.1, 0.15) is 40.5 Å². The number of pyridine rings is 2. The lowest BCUT2D eigenvalue weighted by Crippen LogP contribution is -2.54. The van der Waals surface area contributed by atoms with E-state index in [0.717, 1.165) is 65.2 Å². The number of hydrogen-bond acceptors (Lipinski definition) is 7. The molecule has 1 amide bonds. The highest BCUT2D eigenvalue weighted by atomic mass is 16.6. The van der Waals surface area contributed by atoms with Crippen LogP contribution < -0.4 is 15.0 Å². The molecule has 0 aromatic carbocycles. The van der Waals surface area contributed by atoms with Crippen molar-refractivity contribution in [2.45, 2.75) is 52.2 Å². The van der Waals surface area contributed by atoms with Crippen LogP contribution >= 0.6 is 0 Å². The minimum Gasteiger partial charge on any atom is -0.492 e. The van der Waals surface area contributed by atoms with E-state index in [2.05, 4.69) is 38.5 Å². The SMILES string of the molecule is CCOc1cc(-c2ccc(N3CCC(C)(NC(=O)OC(C)C)CC3)nc2)c2c3cn[nH]c3nn2c1. The maximum Gasteiger partial charge on any atom is 0.407 e. The minimum atomic E-state index is -0.356. The largest absolute Gasteiger partial charge is 0.492 e. The molecular weight excluding hydrogens is 446 g/mol. The van der Waals surface area contributed by atoms with Crippen LogP contribution in [0.4, 0.5) is 10.6 Å². The Morgan fingerprint density at radius 1 is 1.26 bits per heavy atom. The fraction of sp³-hybridized carbons (Fsp3) is 0.440. The maximum atomic E-state index is 12.1. The van der Waals surface area contributed by atoms with E-state index in [4.69, 9.17) is 14.5 Å². The van der Waals surface area contributed by atoms with Gasteiger partial charge in [0.2, 0.25) is 0 Å². The number of anilines is 1. The number of alkyl carbamates (subject to hydrolysis) is 1. The molecule has 1 aliphatic heterocycles. The molecule has 184 valence electrons. The zero-order valence-electron chi connectivity index (χ0n) is 20.5. The summed E-state index contributed by atoms with van der Waals surface area (Å²) in [4.78, 5) is 19.1. The summed E-state index contributed by atoms with van der Waals surface area (Å²) < 4.78 is 12.9. The molecule has 1 aliphatic rings. The number of nitrogens with zero attached hydrogens (tertiary/aromatic N) is 5. The van der Waals surface area contributed by atoms with Gasteiger partial charge in [-0.15, -0.1) is 5.10 Å². The monoisotopic (exact) mass is 477 g/mol. The van der Waals surface area contributed by atoms with Gasteiger partial charge >= 0.3 is 6.09 Å². The number of carbonyl (C=O) groups is 1.